The average Bonchev–Trinajstić information content (AvgIpc) is 3.27. The van der Waals surface area contributed by atoms with E-state index < -0.39 is 28.7 Å². The Labute approximate surface area is 192 Å². The lowest BCUT2D eigenvalue weighted by molar-refractivity contribution is -0.248. The summed E-state index contributed by atoms with van der Waals surface area (Å²) >= 11 is 0. The molecule has 1 N–H and O–H groups in total. The maximum Gasteiger partial charge on any atom is 0.425 e. The number of hydrogen-bond acceptors (Lipinski definition) is 2. The van der Waals surface area contributed by atoms with E-state index >= 15 is 0 Å². The third-order valence-corrected chi connectivity index (χ3v) is 5.87. The molecule has 1 aromatic heterocycles. The number of alkyl halides is 3. The van der Waals surface area contributed by atoms with Crippen molar-refractivity contribution >= 4 is 10.9 Å². The van der Waals surface area contributed by atoms with Crippen molar-refractivity contribution in [1.29, 1.82) is 0 Å². The smallest absolute Gasteiger partial charge is 0.372 e. The van der Waals surface area contributed by atoms with Gasteiger partial charge in [0.05, 0.1) is 17.4 Å². The number of nitrogens with zero attached hydrogens (tertiary/aromatic N) is 2. The monoisotopic (exact) mass is 462 g/mol. The number of hydrogen-bond donors (Lipinski definition) is 1. The predicted octanol–water partition coefficient (Wildman–Crippen LogP) is 6.63. The molecule has 0 radical (unpaired) electrons. The minimum atomic E-state index is -5.10. The summed E-state index contributed by atoms with van der Waals surface area (Å²) in [5.41, 5.74) is -2.45. The second-order valence-corrected chi connectivity index (χ2v) is 7.93. The molecule has 1 atom stereocenters. The summed E-state index contributed by atoms with van der Waals surface area (Å²) in [5, 5.41) is 15.7. The van der Waals surface area contributed by atoms with Crippen molar-refractivity contribution in [2.24, 2.45) is 0 Å². The molecule has 170 valence electrons. The van der Waals surface area contributed by atoms with Crippen LogP contribution in [0.3, 0.4) is 0 Å². The Bertz CT molecular complexity index is 1460. The van der Waals surface area contributed by atoms with E-state index in [4.69, 9.17) is 0 Å². The van der Waals surface area contributed by atoms with Gasteiger partial charge in [-0.1, -0.05) is 66.7 Å². The second-order valence-electron chi connectivity index (χ2n) is 7.93. The summed E-state index contributed by atoms with van der Waals surface area (Å²) in [7, 11) is 0. The molecule has 4 aromatic carbocycles. The van der Waals surface area contributed by atoms with Gasteiger partial charge in [-0.25, -0.2) is 9.07 Å². The summed E-state index contributed by atoms with van der Waals surface area (Å²) in [6, 6.07) is 24.6. The van der Waals surface area contributed by atoms with Crippen LogP contribution in [-0.2, 0) is 5.60 Å². The molecule has 0 amide bonds. The Hall–Kier alpha value is -3.97. The fraction of sp³-hybridized carbons (Fsp3) is 0.0741. The number of rotatable bonds is 4. The molecule has 0 spiro atoms. The van der Waals surface area contributed by atoms with Crippen molar-refractivity contribution in [1.82, 2.24) is 9.78 Å². The number of aliphatic hydroxyl groups is 1. The first kappa shape index (κ1) is 21.9. The fourth-order valence-corrected chi connectivity index (χ4v) is 4.12. The highest BCUT2D eigenvalue weighted by Gasteiger charge is 2.56. The van der Waals surface area contributed by atoms with Crippen LogP contribution in [0.25, 0.3) is 27.7 Å². The van der Waals surface area contributed by atoms with Crippen molar-refractivity contribution in [3.8, 4) is 16.8 Å². The van der Waals surface area contributed by atoms with Crippen molar-refractivity contribution in [2.75, 3.05) is 0 Å². The van der Waals surface area contributed by atoms with Gasteiger partial charge in [0.25, 0.3) is 0 Å². The third-order valence-electron chi connectivity index (χ3n) is 5.87. The molecule has 0 aliphatic rings. The first-order valence-electron chi connectivity index (χ1n) is 10.5. The van der Waals surface area contributed by atoms with Gasteiger partial charge in [-0.2, -0.15) is 18.3 Å². The van der Waals surface area contributed by atoms with Gasteiger partial charge in [0.2, 0.25) is 5.60 Å². The van der Waals surface area contributed by atoms with Gasteiger partial charge in [-0.15, -0.1) is 0 Å². The van der Waals surface area contributed by atoms with E-state index in [2.05, 4.69) is 5.10 Å². The van der Waals surface area contributed by atoms with Gasteiger partial charge in [0.1, 0.15) is 5.82 Å². The van der Waals surface area contributed by atoms with E-state index in [1.54, 1.807) is 35.0 Å². The van der Waals surface area contributed by atoms with Crippen LogP contribution in [0.4, 0.5) is 17.6 Å². The van der Waals surface area contributed by atoms with Crippen molar-refractivity contribution in [2.45, 2.75) is 11.8 Å². The van der Waals surface area contributed by atoms with Crippen molar-refractivity contribution < 1.29 is 22.7 Å². The number of fused-ring (bicyclic) bond motifs is 1. The SMILES string of the molecule is OC(c1ccc(-c2ccccc2)c(F)c1)(c1ccc2c(cnn2-c2ccccc2)c1)C(F)(F)F. The zero-order chi connectivity index (χ0) is 23.9. The molecule has 0 saturated carbocycles. The highest BCUT2D eigenvalue weighted by atomic mass is 19.4. The first-order valence-corrected chi connectivity index (χ1v) is 10.5. The van der Waals surface area contributed by atoms with E-state index in [9.17, 15) is 22.7 Å². The predicted molar refractivity (Wildman–Crippen MR) is 122 cm³/mol. The quantitative estimate of drug-likeness (QED) is 0.305. The second kappa shape index (κ2) is 8.11. The van der Waals surface area contributed by atoms with Crippen LogP contribution in [0.15, 0.2) is 103 Å². The van der Waals surface area contributed by atoms with Crippen molar-refractivity contribution in [3.63, 3.8) is 0 Å². The summed E-state index contributed by atoms with van der Waals surface area (Å²) in [4.78, 5) is 0. The van der Waals surface area contributed by atoms with E-state index in [1.165, 1.54) is 30.5 Å². The Morgan fingerprint density at radius 1 is 0.735 bits per heavy atom. The molecule has 0 fully saturated rings. The summed E-state index contributed by atoms with van der Waals surface area (Å²) in [5.74, 6) is -0.857. The van der Waals surface area contributed by atoms with E-state index in [1.807, 2.05) is 30.3 Å². The minimum absolute atomic E-state index is 0.147. The molecule has 0 aliphatic carbocycles. The molecule has 5 aromatic rings. The minimum Gasteiger partial charge on any atom is -0.372 e. The number of benzene rings is 4. The normalized spacial score (nSPS) is 13.7. The molecular formula is C27H18F4N2O. The highest BCUT2D eigenvalue weighted by molar-refractivity contribution is 5.81. The number of aromatic nitrogens is 2. The molecule has 34 heavy (non-hydrogen) atoms. The van der Waals surface area contributed by atoms with Gasteiger partial charge in [0, 0.05) is 16.5 Å². The van der Waals surface area contributed by atoms with Crippen LogP contribution in [-0.4, -0.2) is 21.1 Å². The van der Waals surface area contributed by atoms with Gasteiger partial charge in [-0.3, -0.25) is 0 Å². The molecule has 3 nitrogen and oxygen atoms in total. The van der Waals surface area contributed by atoms with E-state index in [-0.39, 0.29) is 5.56 Å². The summed E-state index contributed by atoms with van der Waals surface area (Å²) < 4.78 is 59.4. The Morgan fingerprint density at radius 2 is 1.35 bits per heavy atom. The molecule has 0 saturated heterocycles. The van der Waals surface area contributed by atoms with Crippen molar-refractivity contribution in [3.05, 3.63) is 120 Å². The Kier molecular flexibility index (Phi) is 5.21. The number of para-hydroxylation sites is 1. The maximum absolute atomic E-state index is 14.9. The van der Waals surface area contributed by atoms with Crippen LogP contribution in [0.2, 0.25) is 0 Å². The molecular weight excluding hydrogens is 444 g/mol. The van der Waals surface area contributed by atoms with E-state index in [0.717, 1.165) is 17.8 Å². The van der Waals surface area contributed by atoms with Gasteiger partial charge < -0.3 is 5.11 Å². The lowest BCUT2D eigenvalue weighted by Crippen LogP contribution is -2.43. The molecule has 0 bridgehead atoms. The highest BCUT2D eigenvalue weighted by Crippen LogP contribution is 2.45. The van der Waals surface area contributed by atoms with Crippen LogP contribution in [0.1, 0.15) is 11.1 Å². The fourth-order valence-electron chi connectivity index (χ4n) is 4.12. The summed E-state index contributed by atoms with van der Waals surface area (Å²) in [6.45, 7) is 0. The lowest BCUT2D eigenvalue weighted by atomic mass is 9.84. The zero-order valence-corrected chi connectivity index (χ0v) is 17.7. The Balaban J connectivity index is 1.62. The molecule has 1 heterocycles. The number of halogens is 4. The van der Waals surface area contributed by atoms with Crippen LogP contribution in [0.5, 0.6) is 0 Å². The molecule has 1 unspecified atom stereocenters. The van der Waals surface area contributed by atoms with Gasteiger partial charge in [-0.05, 0) is 41.5 Å². The largest absolute Gasteiger partial charge is 0.425 e. The van der Waals surface area contributed by atoms with E-state index in [0.29, 0.717) is 16.5 Å². The summed E-state index contributed by atoms with van der Waals surface area (Å²) in [6.07, 6.45) is -3.67. The topological polar surface area (TPSA) is 38.1 Å². The first-order chi connectivity index (χ1) is 16.3. The third kappa shape index (κ3) is 3.54. The molecule has 7 heteroatoms. The zero-order valence-electron chi connectivity index (χ0n) is 17.7. The van der Waals surface area contributed by atoms with Crippen LogP contribution >= 0.6 is 0 Å². The molecule has 5 rings (SSSR count). The Morgan fingerprint density at radius 3 is 2.00 bits per heavy atom. The van der Waals surface area contributed by atoms with Crippen LogP contribution < -0.4 is 0 Å². The van der Waals surface area contributed by atoms with Gasteiger partial charge >= 0.3 is 6.18 Å². The standard InChI is InChI=1S/C27H18F4N2O/c28-24-16-21(11-13-23(24)18-7-3-1-4-8-18)26(34,27(29,30)31)20-12-14-25-19(15-20)17-32-33(25)22-9-5-2-6-10-22/h1-17,34H. The molecule has 0 aliphatic heterocycles. The maximum atomic E-state index is 14.9. The van der Waals surface area contributed by atoms with Crippen LogP contribution in [0, 0.1) is 5.82 Å². The average molecular weight is 462 g/mol. The van der Waals surface area contributed by atoms with Gasteiger partial charge in [0.15, 0.2) is 0 Å². The lowest BCUT2D eigenvalue weighted by Gasteiger charge is -2.32.